The molecule has 4 unspecified atom stereocenters. The van der Waals surface area contributed by atoms with E-state index in [2.05, 4.69) is 17.1 Å². The average molecular weight is 222 g/mol. The number of hydrogen-bond donors (Lipinski definition) is 1. The minimum Gasteiger partial charge on any atom is -0.313 e. The van der Waals surface area contributed by atoms with E-state index < -0.39 is 0 Å². The van der Waals surface area contributed by atoms with Crippen LogP contribution in [0.1, 0.15) is 45.4 Å². The highest BCUT2D eigenvalue weighted by Gasteiger charge is 2.41. The molecule has 2 heteroatoms. The average Bonchev–Trinajstić information content (AvgIpc) is 2.88. The Balaban J connectivity index is 1.60. The van der Waals surface area contributed by atoms with Crippen LogP contribution in [0, 0.1) is 11.8 Å². The van der Waals surface area contributed by atoms with E-state index in [1.165, 1.54) is 51.6 Å². The first kappa shape index (κ1) is 11.0. The predicted octanol–water partition coefficient (Wildman–Crippen LogP) is 2.25. The van der Waals surface area contributed by atoms with E-state index in [1.807, 2.05) is 0 Å². The maximum absolute atomic E-state index is 3.70. The quantitative estimate of drug-likeness (QED) is 0.788. The Morgan fingerprint density at radius 1 is 1.00 bits per heavy atom. The minimum atomic E-state index is 0.795. The molecule has 2 aliphatic carbocycles. The second kappa shape index (κ2) is 4.66. The summed E-state index contributed by atoms with van der Waals surface area (Å²) in [6.07, 6.45) is 8.82. The third kappa shape index (κ3) is 1.91. The van der Waals surface area contributed by atoms with Crippen LogP contribution < -0.4 is 5.32 Å². The lowest BCUT2D eigenvalue weighted by Gasteiger charge is -2.30. The Kier molecular flexibility index (Phi) is 3.21. The van der Waals surface area contributed by atoms with Gasteiger partial charge in [-0.1, -0.05) is 19.8 Å². The monoisotopic (exact) mass is 222 g/mol. The van der Waals surface area contributed by atoms with Crippen LogP contribution in [0.4, 0.5) is 0 Å². The van der Waals surface area contributed by atoms with Gasteiger partial charge in [0, 0.05) is 25.2 Å². The van der Waals surface area contributed by atoms with Gasteiger partial charge in [0.1, 0.15) is 0 Å². The number of nitrogens with one attached hydrogen (secondary N) is 1. The maximum Gasteiger partial charge on any atom is 0.0249 e. The Bertz CT molecular complexity index is 229. The second-order valence-electron chi connectivity index (χ2n) is 6.07. The van der Waals surface area contributed by atoms with E-state index >= 15 is 0 Å². The normalized spacial score (nSPS) is 44.1. The van der Waals surface area contributed by atoms with Crippen LogP contribution >= 0.6 is 0 Å². The summed E-state index contributed by atoms with van der Waals surface area (Å²) in [5, 5.41) is 3.70. The third-order valence-corrected chi connectivity index (χ3v) is 5.17. The van der Waals surface area contributed by atoms with Crippen LogP contribution in [0.5, 0.6) is 0 Å². The second-order valence-corrected chi connectivity index (χ2v) is 6.07. The lowest BCUT2D eigenvalue weighted by Crippen LogP contribution is -2.46. The zero-order valence-corrected chi connectivity index (χ0v) is 10.6. The van der Waals surface area contributed by atoms with Gasteiger partial charge in [-0.2, -0.15) is 0 Å². The molecule has 1 saturated heterocycles. The van der Waals surface area contributed by atoms with Gasteiger partial charge in [-0.15, -0.1) is 0 Å². The van der Waals surface area contributed by atoms with Crippen molar-refractivity contribution in [2.45, 2.75) is 57.5 Å². The van der Waals surface area contributed by atoms with Crippen LogP contribution in [0.15, 0.2) is 0 Å². The first-order valence-electron chi connectivity index (χ1n) is 7.36. The van der Waals surface area contributed by atoms with Gasteiger partial charge >= 0.3 is 0 Å². The number of likely N-dealkylation sites (tertiary alicyclic amines) is 1. The summed E-state index contributed by atoms with van der Waals surface area (Å²) in [5.41, 5.74) is 0. The van der Waals surface area contributed by atoms with Crippen LogP contribution in [-0.4, -0.2) is 36.6 Å². The van der Waals surface area contributed by atoms with Crippen molar-refractivity contribution in [2.24, 2.45) is 11.8 Å². The Morgan fingerprint density at radius 2 is 1.69 bits per heavy atom. The van der Waals surface area contributed by atoms with E-state index in [0.29, 0.717) is 0 Å². The van der Waals surface area contributed by atoms with Crippen molar-refractivity contribution in [2.75, 3.05) is 19.6 Å². The van der Waals surface area contributed by atoms with Gasteiger partial charge in [0.05, 0.1) is 0 Å². The molecule has 0 bridgehead atoms. The van der Waals surface area contributed by atoms with E-state index in [9.17, 15) is 0 Å². The lowest BCUT2D eigenvalue weighted by molar-refractivity contribution is 0.197. The molecule has 0 aromatic rings. The third-order valence-electron chi connectivity index (χ3n) is 5.17. The summed E-state index contributed by atoms with van der Waals surface area (Å²) in [6, 6.07) is 1.66. The number of fused-ring (bicyclic) bond motifs is 1. The van der Waals surface area contributed by atoms with Gasteiger partial charge in [0.25, 0.3) is 0 Å². The molecule has 3 fully saturated rings. The van der Waals surface area contributed by atoms with Crippen molar-refractivity contribution in [1.82, 2.24) is 10.2 Å². The zero-order valence-electron chi connectivity index (χ0n) is 10.6. The SMILES string of the molecule is CCNC1CCCC1N1CC2CCCC2C1. The number of rotatable bonds is 3. The molecule has 0 spiro atoms. The van der Waals surface area contributed by atoms with E-state index in [4.69, 9.17) is 0 Å². The smallest absolute Gasteiger partial charge is 0.0249 e. The Labute approximate surface area is 99.8 Å². The molecule has 3 rings (SSSR count). The molecule has 0 radical (unpaired) electrons. The maximum atomic E-state index is 3.70. The fourth-order valence-electron chi connectivity index (χ4n) is 4.42. The molecule has 2 saturated carbocycles. The topological polar surface area (TPSA) is 15.3 Å². The fraction of sp³-hybridized carbons (Fsp3) is 1.00. The fourth-order valence-corrected chi connectivity index (χ4v) is 4.42. The summed E-state index contributed by atoms with van der Waals surface area (Å²) < 4.78 is 0. The zero-order chi connectivity index (χ0) is 11.0. The van der Waals surface area contributed by atoms with Crippen molar-refractivity contribution >= 4 is 0 Å². The van der Waals surface area contributed by atoms with Gasteiger partial charge in [0.15, 0.2) is 0 Å². The molecule has 1 heterocycles. The van der Waals surface area contributed by atoms with E-state index in [-0.39, 0.29) is 0 Å². The number of nitrogens with zero attached hydrogens (tertiary/aromatic N) is 1. The molecule has 0 aromatic carbocycles. The molecule has 2 nitrogen and oxygen atoms in total. The molecule has 16 heavy (non-hydrogen) atoms. The molecule has 0 aromatic heterocycles. The number of hydrogen-bond acceptors (Lipinski definition) is 2. The van der Waals surface area contributed by atoms with E-state index in [1.54, 1.807) is 0 Å². The van der Waals surface area contributed by atoms with Crippen LogP contribution in [0.2, 0.25) is 0 Å². The van der Waals surface area contributed by atoms with Gasteiger partial charge in [-0.3, -0.25) is 4.90 Å². The standard InChI is InChI=1S/C14H26N2/c1-2-15-13-7-4-8-14(13)16-9-11-5-3-6-12(11)10-16/h11-15H,2-10H2,1H3. The van der Waals surface area contributed by atoms with Crippen LogP contribution in [-0.2, 0) is 0 Å². The van der Waals surface area contributed by atoms with Gasteiger partial charge in [-0.05, 0) is 44.1 Å². The van der Waals surface area contributed by atoms with Crippen molar-refractivity contribution in [3.05, 3.63) is 0 Å². The van der Waals surface area contributed by atoms with E-state index in [0.717, 1.165) is 30.5 Å². The molecular formula is C14H26N2. The van der Waals surface area contributed by atoms with Gasteiger partial charge < -0.3 is 5.32 Å². The summed E-state index contributed by atoms with van der Waals surface area (Å²) in [6.45, 7) is 6.21. The van der Waals surface area contributed by atoms with Gasteiger partial charge in [-0.25, -0.2) is 0 Å². The molecular weight excluding hydrogens is 196 g/mol. The highest BCUT2D eigenvalue weighted by molar-refractivity contribution is 4.97. The summed E-state index contributed by atoms with van der Waals surface area (Å²) in [5.74, 6) is 2.12. The van der Waals surface area contributed by atoms with Crippen LogP contribution in [0.3, 0.4) is 0 Å². The molecule has 1 aliphatic heterocycles. The highest BCUT2D eigenvalue weighted by atomic mass is 15.2. The minimum absolute atomic E-state index is 0.795. The highest BCUT2D eigenvalue weighted by Crippen LogP contribution is 2.40. The van der Waals surface area contributed by atoms with Crippen molar-refractivity contribution in [3.8, 4) is 0 Å². The summed E-state index contributed by atoms with van der Waals surface area (Å²) in [7, 11) is 0. The lowest BCUT2D eigenvalue weighted by atomic mass is 10.0. The predicted molar refractivity (Wildman–Crippen MR) is 67.5 cm³/mol. The molecule has 1 N–H and O–H groups in total. The van der Waals surface area contributed by atoms with Crippen molar-refractivity contribution < 1.29 is 0 Å². The number of likely N-dealkylation sites (N-methyl/N-ethyl adjacent to an activating group) is 1. The van der Waals surface area contributed by atoms with Gasteiger partial charge in [0.2, 0.25) is 0 Å². The van der Waals surface area contributed by atoms with Crippen molar-refractivity contribution in [3.63, 3.8) is 0 Å². The summed E-state index contributed by atoms with van der Waals surface area (Å²) in [4.78, 5) is 2.83. The molecule has 4 atom stereocenters. The summed E-state index contributed by atoms with van der Waals surface area (Å²) >= 11 is 0. The molecule has 0 amide bonds. The first-order valence-corrected chi connectivity index (χ1v) is 7.36. The van der Waals surface area contributed by atoms with Crippen LogP contribution in [0.25, 0.3) is 0 Å². The largest absolute Gasteiger partial charge is 0.313 e. The molecule has 92 valence electrons. The Morgan fingerprint density at radius 3 is 2.38 bits per heavy atom. The Hall–Kier alpha value is -0.0800. The molecule has 3 aliphatic rings. The van der Waals surface area contributed by atoms with Crippen molar-refractivity contribution in [1.29, 1.82) is 0 Å². The first-order chi connectivity index (χ1) is 7.88.